The average molecular weight is 568 g/mol. The number of nitrogens with two attached hydrogens (primary N) is 1. The van der Waals surface area contributed by atoms with Crippen LogP contribution in [0.3, 0.4) is 0 Å². The molecule has 2 atom stereocenters. The van der Waals surface area contributed by atoms with Crippen molar-refractivity contribution in [3.8, 4) is 0 Å². The molecule has 0 aliphatic heterocycles. The highest BCUT2D eigenvalue weighted by Gasteiger charge is 2.11. The van der Waals surface area contributed by atoms with Gasteiger partial charge >= 0.3 is 0 Å². The Morgan fingerprint density at radius 2 is 0.675 bits per heavy atom. The van der Waals surface area contributed by atoms with E-state index >= 15 is 0 Å². The Kier molecular flexibility index (Phi) is 32.4. The van der Waals surface area contributed by atoms with Crippen LogP contribution in [0.25, 0.3) is 0 Å². The predicted molar refractivity (Wildman–Crippen MR) is 175 cm³/mol. The normalized spacial score (nSPS) is 13.1. The summed E-state index contributed by atoms with van der Waals surface area (Å²) in [5.41, 5.74) is 5.07. The Morgan fingerprint density at radius 3 is 0.950 bits per heavy atom. The minimum Gasteiger partial charge on any atom is -0.393 e. The Morgan fingerprint density at radius 1 is 0.425 bits per heavy atom. The molecule has 0 saturated carbocycles. The van der Waals surface area contributed by atoms with Crippen LogP contribution in [0, 0.1) is 0 Å². The fourth-order valence-corrected chi connectivity index (χ4v) is 5.91. The molecule has 0 aromatic carbocycles. The molecule has 0 heterocycles. The summed E-state index contributed by atoms with van der Waals surface area (Å²) in [6.07, 6.45) is 40.1. The van der Waals surface area contributed by atoms with Crippen LogP contribution in [-0.4, -0.2) is 28.3 Å². The zero-order valence-electron chi connectivity index (χ0n) is 27.2. The Balaban J connectivity index is 3.13. The van der Waals surface area contributed by atoms with E-state index in [0.29, 0.717) is 12.8 Å². The Hall–Kier alpha value is -0.610. The zero-order chi connectivity index (χ0) is 29.4. The van der Waals surface area contributed by atoms with Gasteiger partial charge in [-0.15, -0.1) is 0 Å². The fraction of sp³-hybridized carbons (Fsp3) is 0.972. The number of unbranched alkanes of at least 4 members (excludes halogenated alkanes) is 27. The average Bonchev–Trinajstić information content (AvgIpc) is 2.93. The maximum atomic E-state index is 10.8. The van der Waals surface area contributed by atoms with Crippen LogP contribution in [0.15, 0.2) is 0 Å². The lowest BCUT2D eigenvalue weighted by Crippen LogP contribution is -2.21. The van der Waals surface area contributed by atoms with Gasteiger partial charge in [-0.25, -0.2) is 0 Å². The molecule has 0 radical (unpaired) electrons. The van der Waals surface area contributed by atoms with E-state index in [1.165, 1.54) is 173 Å². The van der Waals surface area contributed by atoms with Crippen molar-refractivity contribution in [2.24, 2.45) is 5.73 Å². The minimum atomic E-state index is -0.712. The third-order valence-corrected chi connectivity index (χ3v) is 8.66. The van der Waals surface area contributed by atoms with Crippen molar-refractivity contribution in [2.75, 3.05) is 0 Å². The summed E-state index contributed by atoms with van der Waals surface area (Å²) >= 11 is 0. The van der Waals surface area contributed by atoms with Crippen LogP contribution in [0.2, 0.25) is 0 Å². The maximum Gasteiger partial charge on any atom is 0.220 e. The van der Waals surface area contributed by atoms with Gasteiger partial charge in [-0.05, 0) is 19.3 Å². The molecule has 0 aromatic heterocycles. The molecule has 1 amide bonds. The molecule has 0 fully saturated rings. The van der Waals surface area contributed by atoms with Crippen LogP contribution in [0.1, 0.15) is 212 Å². The lowest BCUT2D eigenvalue weighted by atomic mass is 10.0. The van der Waals surface area contributed by atoms with E-state index in [2.05, 4.69) is 6.92 Å². The molecular weight excluding hydrogens is 494 g/mol. The third kappa shape index (κ3) is 33.6. The first-order valence-corrected chi connectivity index (χ1v) is 18.2. The van der Waals surface area contributed by atoms with E-state index in [0.717, 1.165) is 12.8 Å². The van der Waals surface area contributed by atoms with Crippen molar-refractivity contribution in [1.82, 2.24) is 0 Å². The molecule has 4 heteroatoms. The molecule has 2 unspecified atom stereocenters. The molecule has 0 saturated heterocycles. The summed E-state index contributed by atoms with van der Waals surface area (Å²) in [5, 5.41) is 19.6. The molecule has 0 aliphatic carbocycles. The van der Waals surface area contributed by atoms with E-state index in [1.807, 2.05) is 0 Å². The van der Waals surface area contributed by atoms with Gasteiger partial charge in [0, 0.05) is 0 Å². The summed E-state index contributed by atoms with van der Waals surface area (Å²) in [6, 6.07) is 0. The number of hydrogen-bond acceptors (Lipinski definition) is 3. The van der Waals surface area contributed by atoms with Crippen LogP contribution in [0.5, 0.6) is 0 Å². The maximum absolute atomic E-state index is 10.8. The standard InChI is InChI=1S/C36H73NO3/c1-2-3-4-5-6-7-8-9-10-11-12-13-14-15-16-17-18-19-20-21-22-23-24-25-26-27-28-29-30-34(38)31-32-35(39)33-36(37)40/h34-35,38-39H,2-33H2,1H3,(H2,37,40). The second-order valence-corrected chi connectivity index (χ2v) is 12.9. The van der Waals surface area contributed by atoms with Gasteiger partial charge in [-0.1, -0.05) is 187 Å². The molecular formula is C36H73NO3. The second kappa shape index (κ2) is 32.9. The van der Waals surface area contributed by atoms with Crippen molar-refractivity contribution in [3.05, 3.63) is 0 Å². The summed E-state index contributed by atoms with van der Waals surface area (Å²) < 4.78 is 0. The van der Waals surface area contributed by atoms with Crippen LogP contribution < -0.4 is 5.73 Å². The highest BCUT2D eigenvalue weighted by Crippen LogP contribution is 2.17. The summed E-state index contributed by atoms with van der Waals surface area (Å²) in [5.74, 6) is -0.484. The van der Waals surface area contributed by atoms with Crippen LogP contribution in [0.4, 0.5) is 0 Å². The van der Waals surface area contributed by atoms with Crippen LogP contribution in [-0.2, 0) is 4.79 Å². The fourth-order valence-electron chi connectivity index (χ4n) is 5.91. The SMILES string of the molecule is CCCCCCCCCCCCCCCCCCCCCCCCCCCCCCC(O)CCC(O)CC(N)=O. The van der Waals surface area contributed by atoms with Gasteiger partial charge in [0.2, 0.25) is 5.91 Å². The molecule has 4 N–H and O–H groups in total. The first-order valence-electron chi connectivity index (χ1n) is 18.2. The molecule has 0 bridgehead atoms. The molecule has 240 valence electrons. The first-order chi connectivity index (χ1) is 19.6. The summed E-state index contributed by atoms with van der Waals surface area (Å²) in [6.45, 7) is 2.30. The molecule has 40 heavy (non-hydrogen) atoms. The van der Waals surface area contributed by atoms with E-state index in [-0.39, 0.29) is 12.5 Å². The van der Waals surface area contributed by atoms with Gasteiger partial charge in [-0.2, -0.15) is 0 Å². The lowest BCUT2D eigenvalue weighted by molar-refractivity contribution is -0.120. The van der Waals surface area contributed by atoms with Gasteiger partial charge in [0.25, 0.3) is 0 Å². The highest BCUT2D eigenvalue weighted by atomic mass is 16.3. The number of carbonyl (C=O) groups excluding carboxylic acids is 1. The number of carbonyl (C=O) groups is 1. The monoisotopic (exact) mass is 568 g/mol. The minimum absolute atomic E-state index is 0.00763. The zero-order valence-corrected chi connectivity index (χ0v) is 27.2. The summed E-state index contributed by atoms with van der Waals surface area (Å²) in [7, 11) is 0. The number of aliphatic hydroxyl groups excluding tert-OH is 2. The molecule has 0 aromatic rings. The topological polar surface area (TPSA) is 83.6 Å². The van der Waals surface area contributed by atoms with E-state index in [1.54, 1.807) is 0 Å². The third-order valence-electron chi connectivity index (χ3n) is 8.66. The predicted octanol–water partition coefficient (Wildman–Crippen LogP) is 10.7. The number of rotatable bonds is 34. The summed E-state index contributed by atoms with van der Waals surface area (Å²) in [4.78, 5) is 10.8. The van der Waals surface area contributed by atoms with Crippen molar-refractivity contribution in [3.63, 3.8) is 0 Å². The van der Waals surface area contributed by atoms with Gasteiger partial charge in [0.1, 0.15) is 0 Å². The quantitative estimate of drug-likeness (QED) is 0.0676. The van der Waals surface area contributed by atoms with Crippen LogP contribution >= 0.6 is 0 Å². The number of amides is 1. The second-order valence-electron chi connectivity index (χ2n) is 12.9. The lowest BCUT2D eigenvalue weighted by Gasteiger charge is -2.13. The number of primary amides is 1. The van der Waals surface area contributed by atoms with Crippen molar-refractivity contribution in [1.29, 1.82) is 0 Å². The van der Waals surface area contributed by atoms with E-state index in [9.17, 15) is 15.0 Å². The van der Waals surface area contributed by atoms with Gasteiger partial charge in [0.05, 0.1) is 18.6 Å². The Bertz CT molecular complexity index is 498. The molecule has 0 spiro atoms. The highest BCUT2D eigenvalue weighted by molar-refractivity contribution is 5.74. The van der Waals surface area contributed by atoms with Crippen molar-refractivity contribution < 1.29 is 15.0 Å². The smallest absolute Gasteiger partial charge is 0.220 e. The van der Waals surface area contributed by atoms with Gasteiger partial charge in [0.15, 0.2) is 0 Å². The molecule has 0 aliphatic rings. The molecule has 4 nitrogen and oxygen atoms in total. The first kappa shape index (κ1) is 39.4. The van der Waals surface area contributed by atoms with Gasteiger partial charge in [-0.3, -0.25) is 4.79 Å². The van der Waals surface area contributed by atoms with E-state index in [4.69, 9.17) is 5.73 Å². The number of aliphatic hydroxyl groups is 2. The van der Waals surface area contributed by atoms with Gasteiger partial charge < -0.3 is 15.9 Å². The molecule has 0 rings (SSSR count). The van der Waals surface area contributed by atoms with Crippen molar-refractivity contribution in [2.45, 2.75) is 225 Å². The van der Waals surface area contributed by atoms with Crippen molar-refractivity contribution >= 4 is 5.91 Å². The number of hydrogen-bond donors (Lipinski definition) is 3. The van der Waals surface area contributed by atoms with E-state index < -0.39 is 12.0 Å². The largest absolute Gasteiger partial charge is 0.393 e. The Labute approximate surface area is 251 Å².